The van der Waals surface area contributed by atoms with Crippen LogP contribution in [-0.4, -0.2) is 48.6 Å². The van der Waals surface area contributed by atoms with Crippen LogP contribution < -0.4 is 0 Å². The number of benzene rings is 2. The van der Waals surface area contributed by atoms with Crippen LogP contribution in [0.4, 0.5) is 0 Å². The molecule has 2 rings (SSSR count). The second-order valence-corrected chi connectivity index (χ2v) is 7.86. The molecule has 2 aromatic rings. The first-order valence-corrected chi connectivity index (χ1v) is 12.9. The lowest BCUT2D eigenvalue weighted by Crippen LogP contribution is -2.05. The largest absolute Gasteiger partial charge is 0.502 e. The molecular formula is C33H46O7. The van der Waals surface area contributed by atoms with Crippen LogP contribution >= 0.6 is 0 Å². The van der Waals surface area contributed by atoms with Crippen LogP contribution in [0, 0.1) is 0 Å². The van der Waals surface area contributed by atoms with Gasteiger partial charge in [0.05, 0.1) is 45.2 Å². The van der Waals surface area contributed by atoms with Crippen molar-refractivity contribution in [3.05, 3.63) is 110 Å². The third kappa shape index (κ3) is 26.9. The van der Waals surface area contributed by atoms with Crippen LogP contribution in [0.3, 0.4) is 0 Å². The van der Waals surface area contributed by atoms with Crippen LogP contribution in [0.15, 0.2) is 98.5 Å². The van der Waals surface area contributed by atoms with Crippen LogP contribution in [0.25, 0.3) is 12.2 Å². The topological polar surface area (TPSA) is 102 Å². The highest BCUT2D eigenvalue weighted by molar-refractivity contribution is 5.72. The first kappa shape index (κ1) is 38.0. The molecule has 2 aromatic carbocycles. The smallest absolute Gasteiger partial charge is 0.309 e. The monoisotopic (exact) mass is 554 g/mol. The van der Waals surface area contributed by atoms with Gasteiger partial charge in [-0.15, -0.1) is 0 Å². The Morgan fingerprint density at radius 1 is 0.700 bits per heavy atom. The van der Waals surface area contributed by atoms with E-state index in [0.717, 1.165) is 36.8 Å². The number of hydrogen-bond donors (Lipinski definition) is 2. The van der Waals surface area contributed by atoms with Crippen LogP contribution in [0.2, 0.25) is 0 Å². The molecule has 0 aliphatic heterocycles. The predicted molar refractivity (Wildman–Crippen MR) is 163 cm³/mol. The third-order valence-corrected chi connectivity index (χ3v) is 4.62. The first-order valence-electron chi connectivity index (χ1n) is 12.9. The number of aliphatic hydroxyl groups is 1. The van der Waals surface area contributed by atoms with Crippen molar-refractivity contribution in [2.24, 2.45) is 0 Å². The average Bonchev–Trinajstić information content (AvgIpc) is 2.95. The van der Waals surface area contributed by atoms with E-state index in [1.165, 1.54) is 12.5 Å². The van der Waals surface area contributed by atoms with E-state index in [1.54, 1.807) is 12.2 Å². The van der Waals surface area contributed by atoms with Crippen molar-refractivity contribution in [2.45, 2.75) is 46.0 Å². The highest BCUT2D eigenvalue weighted by Crippen LogP contribution is 2.03. The zero-order chi connectivity index (χ0) is 28.8. The third-order valence-electron chi connectivity index (χ3n) is 4.62. The molecule has 2 N–H and O–H groups in total. The van der Waals surface area contributed by atoms with Crippen molar-refractivity contribution >= 4 is 24.1 Å². The Morgan fingerprint density at radius 3 is 1.60 bits per heavy atom. The van der Waals surface area contributed by atoms with Gasteiger partial charge in [-0.1, -0.05) is 106 Å². The second kappa shape index (κ2) is 29.5. The number of carbonyl (C=O) groups is 2. The summed E-state index contributed by atoms with van der Waals surface area (Å²) >= 11 is 0. The Balaban J connectivity index is 0. The maximum atomic E-state index is 11.4. The molecule has 0 aliphatic carbocycles. The number of carboxylic acid groups (broad SMARTS) is 1. The van der Waals surface area contributed by atoms with E-state index >= 15 is 0 Å². The average molecular weight is 555 g/mol. The van der Waals surface area contributed by atoms with Crippen molar-refractivity contribution in [3.8, 4) is 0 Å². The summed E-state index contributed by atoms with van der Waals surface area (Å²) in [7, 11) is 0. The van der Waals surface area contributed by atoms with E-state index in [-0.39, 0.29) is 26.4 Å². The van der Waals surface area contributed by atoms with Gasteiger partial charge in [-0.05, 0) is 36.8 Å². The number of hydrogen-bond acceptors (Lipinski definition) is 6. The minimum atomic E-state index is -0.804. The maximum Gasteiger partial charge on any atom is 0.309 e. The lowest BCUT2D eigenvalue weighted by molar-refractivity contribution is -0.142. The first-order chi connectivity index (χ1) is 19.0. The fourth-order valence-corrected chi connectivity index (χ4v) is 2.71. The highest BCUT2D eigenvalue weighted by atomic mass is 16.5. The molecule has 40 heavy (non-hydrogen) atoms. The Hall–Kier alpha value is -4.10. The number of aliphatic carboxylic acids is 1. The molecule has 0 atom stereocenters. The molecule has 0 bridgehead atoms. The molecule has 0 aliphatic rings. The molecule has 0 unspecified atom stereocenters. The van der Waals surface area contributed by atoms with Crippen molar-refractivity contribution < 1.29 is 34.0 Å². The number of ether oxygens (including phenoxy) is 3. The zero-order valence-electron chi connectivity index (χ0n) is 22.7. The molecule has 7 heteroatoms. The number of carbonyl (C=O) groups excluding carboxylic acids is 1. The van der Waals surface area contributed by atoms with Gasteiger partial charge in [-0.25, -0.2) is 0 Å². The van der Waals surface area contributed by atoms with Crippen molar-refractivity contribution in [1.29, 1.82) is 0 Å². The van der Waals surface area contributed by atoms with E-state index in [4.69, 9.17) is 24.4 Å². The van der Waals surface area contributed by atoms with E-state index in [0.29, 0.717) is 26.2 Å². The molecule has 0 fully saturated rings. The summed E-state index contributed by atoms with van der Waals surface area (Å²) in [5.74, 6) is -1.00. The summed E-state index contributed by atoms with van der Waals surface area (Å²) in [6.45, 7) is 8.81. The predicted octanol–water partition coefficient (Wildman–Crippen LogP) is 7.30. The summed E-state index contributed by atoms with van der Waals surface area (Å²) in [4.78, 5) is 21.5. The minimum Gasteiger partial charge on any atom is -0.502 e. The Bertz CT molecular complexity index is 938. The fraction of sp³-hybridized carbons (Fsp3) is 0.333. The van der Waals surface area contributed by atoms with E-state index in [1.807, 2.05) is 72.8 Å². The summed E-state index contributed by atoms with van der Waals surface area (Å²) in [6.07, 6.45) is 13.8. The molecule has 0 radical (unpaired) electrons. The Kier molecular flexibility index (Phi) is 28.0. The molecule has 0 saturated heterocycles. The number of esters is 1. The van der Waals surface area contributed by atoms with Crippen LogP contribution in [0.1, 0.15) is 57.1 Å². The lowest BCUT2D eigenvalue weighted by Gasteiger charge is -2.03. The number of aliphatic hydroxyl groups excluding tert-OH is 1. The van der Waals surface area contributed by atoms with E-state index in [2.05, 4.69) is 13.2 Å². The molecule has 0 saturated carbocycles. The molecule has 220 valence electrons. The SMILES string of the molecule is C.C=COCCCCO.C=COCCCCOC(=O)C/C=C/c1ccccc1.O=C(O)C/C=C/c1ccccc1. The molecule has 0 heterocycles. The van der Waals surface area contributed by atoms with Gasteiger partial charge in [0.25, 0.3) is 0 Å². The zero-order valence-corrected chi connectivity index (χ0v) is 22.7. The molecular weight excluding hydrogens is 508 g/mol. The Labute approximate surface area is 240 Å². The fourth-order valence-electron chi connectivity index (χ4n) is 2.71. The maximum absolute atomic E-state index is 11.4. The molecule has 7 nitrogen and oxygen atoms in total. The normalized spacial score (nSPS) is 9.72. The van der Waals surface area contributed by atoms with Gasteiger partial charge in [0.15, 0.2) is 0 Å². The second-order valence-electron chi connectivity index (χ2n) is 7.86. The number of unbranched alkanes of at least 4 members (excludes halogenated alkanes) is 2. The van der Waals surface area contributed by atoms with Gasteiger partial charge < -0.3 is 24.4 Å². The van der Waals surface area contributed by atoms with Gasteiger partial charge >= 0.3 is 11.9 Å². The molecule has 0 spiro atoms. The van der Waals surface area contributed by atoms with Gasteiger partial charge in [0, 0.05) is 6.61 Å². The van der Waals surface area contributed by atoms with Crippen molar-refractivity contribution in [3.63, 3.8) is 0 Å². The molecule has 0 amide bonds. The van der Waals surface area contributed by atoms with E-state index in [9.17, 15) is 9.59 Å². The van der Waals surface area contributed by atoms with Crippen molar-refractivity contribution in [2.75, 3.05) is 26.4 Å². The standard InChI is InChI=1S/C16H20O3.C10H10O2.C6H12O2.CH4/c1-2-18-13-6-7-14-19-16(17)12-8-11-15-9-4-3-5-10-15;11-10(12)8-4-7-9-5-2-1-3-6-9;1-2-8-6-4-3-5-7;/h2-5,8-11H,1,6-7,12-14H2;1-7H,8H2,(H,11,12);2,7H,1,3-6H2;1H4/b11-8+;7-4+;;. The highest BCUT2D eigenvalue weighted by Gasteiger charge is 1.99. The van der Waals surface area contributed by atoms with Gasteiger partial charge in [0.2, 0.25) is 0 Å². The van der Waals surface area contributed by atoms with Crippen LogP contribution in [0.5, 0.6) is 0 Å². The van der Waals surface area contributed by atoms with Crippen LogP contribution in [-0.2, 0) is 23.8 Å². The van der Waals surface area contributed by atoms with E-state index < -0.39 is 5.97 Å². The quantitative estimate of drug-likeness (QED) is 0.120. The minimum absolute atomic E-state index is 0. The lowest BCUT2D eigenvalue weighted by atomic mass is 10.2. The summed E-state index contributed by atoms with van der Waals surface area (Å²) in [5, 5.41) is 16.6. The van der Waals surface area contributed by atoms with Crippen molar-refractivity contribution in [1.82, 2.24) is 0 Å². The van der Waals surface area contributed by atoms with Gasteiger partial charge in [0.1, 0.15) is 0 Å². The summed E-state index contributed by atoms with van der Waals surface area (Å²) < 4.78 is 14.8. The molecule has 0 aromatic heterocycles. The van der Waals surface area contributed by atoms with Gasteiger partial charge in [-0.3, -0.25) is 9.59 Å². The Morgan fingerprint density at radius 2 is 1.15 bits per heavy atom. The van der Waals surface area contributed by atoms with Gasteiger partial charge in [-0.2, -0.15) is 0 Å². The summed E-state index contributed by atoms with van der Waals surface area (Å²) in [5.41, 5.74) is 2.11. The number of carboxylic acids is 1. The number of rotatable bonds is 17. The summed E-state index contributed by atoms with van der Waals surface area (Å²) in [6, 6.07) is 19.5.